The molecule has 0 aliphatic heterocycles. The number of nitrogens with zero attached hydrogens (tertiary/aromatic N) is 3. The van der Waals surface area contributed by atoms with E-state index in [4.69, 9.17) is 4.42 Å². The first-order valence-corrected chi connectivity index (χ1v) is 8.11. The fourth-order valence-electron chi connectivity index (χ4n) is 2.37. The molecule has 0 fully saturated rings. The molecule has 0 amide bonds. The van der Waals surface area contributed by atoms with E-state index in [0.29, 0.717) is 24.9 Å². The van der Waals surface area contributed by atoms with Crippen LogP contribution in [0.2, 0.25) is 0 Å². The first-order chi connectivity index (χ1) is 12.3. The molecule has 26 heavy (non-hydrogen) atoms. The number of rotatable bonds is 5. The first-order valence-electron chi connectivity index (χ1n) is 8.11. The van der Waals surface area contributed by atoms with Gasteiger partial charge in [-0.05, 0) is 30.7 Å². The number of aliphatic imine (C=N–C) groups is 1. The minimum atomic E-state index is 0. The van der Waals surface area contributed by atoms with Crippen molar-refractivity contribution in [3.8, 4) is 11.5 Å². The van der Waals surface area contributed by atoms with Gasteiger partial charge in [0, 0.05) is 18.8 Å². The van der Waals surface area contributed by atoms with Crippen molar-refractivity contribution < 1.29 is 4.42 Å². The largest absolute Gasteiger partial charge is 0.444 e. The van der Waals surface area contributed by atoms with Crippen LogP contribution in [0.3, 0.4) is 0 Å². The lowest BCUT2D eigenvalue weighted by molar-refractivity contribution is 0.572. The molecule has 0 aliphatic rings. The monoisotopic (exact) mass is 463 g/mol. The summed E-state index contributed by atoms with van der Waals surface area (Å²) in [7, 11) is 1.73. The molecule has 0 atom stereocenters. The molecule has 2 heterocycles. The number of halogens is 1. The van der Waals surface area contributed by atoms with Crippen LogP contribution >= 0.6 is 24.0 Å². The standard InChI is InChI=1S/C19H21N5O.HI/c1-14-7-6-10-21-17(14)12-23-19(20-2)22-11-16-13-25-18(24-16)15-8-4-3-5-9-15;/h3-10,13H,11-12H2,1-2H3,(H2,20,22,23);1H. The van der Waals surface area contributed by atoms with Crippen LogP contribution in [-0.4, -0.2) is 23.0 Å². The average molecular weight is 463 g/mol. The molecule has 6 nitrogen and oxygen atoms in total. The molecule has 0 unspecified atom stereocenters. The number of aromatic nitrogens is 2. The Morgan fingerprint density at radius 2 is 1.85 bits per heavy atom. The van der Waals surface area contributed by atoms with Crippen molar-refractivity contribution in [3.63, 3.8) is 0 Å². The lowest BCUT2D eigenvalue weighted by atomic mass is 10.2. The van der Waals surface area contributed by atoms with Gasteiger partial charge in [0.15, 0.2) is 5.96 Å². The molecular weight excluding hydrogens is 441 g/mol. The Morgan fingerprint density at radius 1 is 1.08 bits per heavy atom. The summed E-state index contributed by atoms with van der Waals surface area (Å²) in [6.07, 6.45) is 3.45. The normalized spacial score (nSPS) is 10.9. The third-order valence-corrected chi connectivity index (χ3v) is 3.77. The molecule has 2 aromatic heterocycles. The van der Waals surface area contributed by atoms with E-state index < -0.39 is 0 Å². The lowest BCUT2D eigenvalue weighted by Gasteiger charge is -2.11. The van der Waals surface area contributed by atoms with Gasteiger partial charge in [0.2, 0.25) is 5.89 Å². The smallest absolute Gasteiger partial charge is 0.226 e. The Hall–Kier alpha value is -2.42. The van der Waals surface area contributed by atoms with Crippen LogP contribution in [0.1, 0.15) is 17.0 Å². The molecule has 3 rings (SSSR count). The third-order valence-electron chi connectivity index (χ3n) is 3.77. The topological polar surface area (TPSA) is 75.3 Å². The van der Waals surface area contributed by atoms with E-state index >= 15 is 0 Å². The second-order valence-corrected chi connectivity index (χ2v) is 5.56. The van der Waals surface area contributed by atoms with Crippen LogP contribution in [0.15, 0.2) is 64.3 Å². The Labute approximate surface area is 170 Å². The number of nitrogens with one attached hydrogen (secondary N) is 2. The highest BCUT2D eigenvalue weighted by atomic mass is 127. The lowest BCUT2D eigenvalue weighted by Crippen LogP contribution is -2.36. The van der Waals surface area contributed by atoms with Crippen LogP contribution in [0, 0.1) is 6.92 Å². The molecule has 3 aromatic rings. The van der Waals surface area contributed by atoms with E-state index in [0.717, 1.165) is 22.5 Å². The van der Waals surface area contributed by atoms with Crippen molar-refractivity contribution in [1.29, 1.82) is 0 Å². The van der Waals surface area contributed by atoms with Crippen molar-refractivity contribution in [2.24, 2.45) is 4.99 Å². The zero-order valence-corrected chi connectivity index (χ0v) is 17.1. The minimum absolute atomic E-state index is 0. The maximum Gasteiger partial charge on any atom is 0.226 e. The summed E-state index contributed by atoms with van der Waals surface area (Å²) in [5, 5.41) is 6.48. The fraction of sp³-hybridized carbons (Fsp3) is 0.211. The quantitative estimate of drug-likeness (QED) is 0.344. The van der Waals surface area contributed by atoms with E-state index in [-0.39, 0.29) is 24.0 Å². The number of guanidine groups is 1. The molecule has 0 saturated heterocycles. The zero-order valence-electron chi connectivity index (χ0n) is 14.8. The Balaban J connectivity index is 0.00000243. The van der Waals surface area contributed by atoms with Gasteiger partial charge < -0.3 is 15.1 Å². The Morgan fingerprint density at radius 3 is 2.58 bits per heavy atom. The van der Waals surface area contributed by atoms with Crippen LogP contribution in [0.25, 0.3) is 11.5 Å². The van der Waals surface area contributed by atoms with E-state index in [9.17, 15) is 0 Å². The van der Waals surface area contributed by atoms with Gasteiger partial charge in [-0.25, -0.2) is 4.98 Å². The molecule has 1 aromatic carbocycles. The number of oxazole rings is 1. The summed E-state index contributed by atoms with van der Waals surface area (Å²) >= 11 is 0. The van der Waals surface area contributed by atoms with Gasteiger partial charge in [-0.15, -0.1) is 24.0 Å². The van der Waals surface area contributed by atoms with E-state index in [2.05, 4.69) is 25.6 Å². The molecular formula is C19H22IN5O. The maximum absolute atomic E-state index is 5.54. The maximum atomic E-state index is 5.54. The van der Waals surface area contributed by atoms with Gasteiger partial charge in [0.1, 0.15) is 6.26 Å². The second-order valence-electron chi connectivity index (χ2n) is 5.56. The van der Waals surface area contributed by atoms with Gasteiger partial charge in [0.05, 0.1) is 24.5 Å². The van der Waals surface area contributed by atoms with E-state index in [1.165, 1.54) is 0 Å². The highest BCUT2D eigenvalue weighted by molar-refractivity contribution is 14.0. The first kappa shape index (κ1) is 19.9. The Kier molecular flexibility index (Phi) is 7.58. The predicted octanol–water partition coefficient (Wildman–Crippen LogP) is 3.53. The highest BCUT2D eigenvalue weighted by Gasteiger charge is 2.07. The van der Waals surface area contributed by atoms with Crippen LogP contribution in [-0.2, 0) is 13.1 Å². The summed E-state index contributed by atoms with van der Waals surface area (Å²) in [4.78, 5) is 13.1. The third kappa shape index (κ3) is 5.29. The van der Waals surface area contributed by atoms with Crippen molar-refractivity contribution in [3.05, 3.63) is 71.9 Å². The van der Waals surface area contributed by atoms with Crippen molar-refractivity contribution in [2.45, 2.75) is 20.0 Å². The van der Waals surface area contributed by atoms with Crippen LogP contribution in [0.4, 0.5) is 0 Å². The zero-order chi connectivity index (χ0) is 17.5. The second kappa shape index (κ2) is 9.91. The summed E-state index contributed by atoms with van der Waals surface area (Å²) in [6, 6.07) is 13.8. The van der Waals surface area contributed by atoms with Crippen molar-refractivity contribution in [1.82, 2.24) is 20.6 Å². The average Bonchev–Trinajstić information content (AvgIpc) is 3.13. The number of pyridine rings is 1. The fourth-order valence-corrected chi connectivity index (χ4v) is 2.37. The number of benzene rings is 1. The molecule has 0 aliphatic carbocycles. The molecule has 0 radical (unpaired) electrons. The SMILES string of the molecule is CN=C(NCc1coc(-c2ccccc2)n1)NCc1ncccc1C.I. The van der Waals surface area contributed by atoms with Gasteiger partial charge in [0.25, 0.3) is 0 Å². The molecule has 0 bridgehead atoms. The number of hydrogen-bond donors (Lipinski definition) is 2. The predicted molar refractivity (Wildman–Crippen MR) is 113 cm³/mol. The van der Waals surface area contributed by atoms with Gasteiger partial charge in [-0.3, -0.25) is 9.98 Å². The highest BCUT2D eigenvalue weighted by Crippen LogP contribution is 2.17. The van der Waals surface area contributed by atoms with Crippen LogP contribution < -0.4 is 10.6 Å². The summed E-state index contributed by atoms with van der Waals surface area (Å²) < 4.78 is 5.54. The molecule has 0 spiro atoms. The van der Waals surface area contributed by atoms with Crippen molar-refractivity contribution >= 4 is 29.9 Å². The molecule has 136 valence electrons. The summed E-state index contributed by atoms with van der Waals surface area (Å²) in [5.74, 6) is 1.30. The van der Waals surface area contributed by atoms with E-state index in [1.807, 2.05) is 49.4 Å². The summed E-state index contributed by atoms with van der Waals surface area (Å²) in [5.41, 5.74) is 3.92. The number of hydrogen-bond acceptors (Lipinski definition) is 4. The Bertz CT molecular complexity index is 848. The summed E-state index contributed by atoms with van der Waals surface area (Å²) in [6.45, 7) is 3.18. The van der Waals surface area contributed by atoms with Crippen LogP contribution in [0.5, 0.6) is 0 Å². The molecule has 2 N–H and O–H groups in total. The minimum Gasteiger partial charge on any atom is -0.444 e. The number of aryl methyl sites for hydroxylation is 1. The molecule has 7 heteroatoms. The van der Waals surface area contributed by atoms with Gasteiger partial charge >= 0.3 is 0 Å². The van der Waals surface area contributed by atoms with Gasteiger partial charge in [-0.1, -0.05) is 24.3 Å². The molecule has 0 saturated carbocycles. The van der Waals surface area contributed by atoms with Gasteiger partial charge in [-0.2, -0.15) is 0 Å². The van der Waals surface area contributed by atoms with E-state index in [1.54, 1.807) is 19.5 Å². The van der Waals surface area contributed by atoms with Crippen molar-refractivity contribution in [2.75, 3.05) is 7.05 Å².